The third-order valence-electron chi connectivity index (χ3n) is 12.2. The summed E-state index contributed by atoms with van der Waals surface area (Å²) < 4.78 is 4.62. The fourth-order valence-electron chi connectivity index (χ4n) is 9.79. The van der Waals surface area contributed by atoms with Gasteiger partial charge in [-0.1, -0.05) is 155 Å². The Hall–Kier alpha value is -6.85. The molecule has 0 spiro atoms. The van der Waals surface area contributed by atoms with E-state index in [4.69, 9.17) is 15.0 Å². The molecule has 0 bridgehead atoms. The molecule has 0 fully saturated rings. The number of benzene rings is 7. The van der Waals surface area contributed by atoms with Crippen LogP contribution in [0, 0.1) is 0 Å². The minimum absolute atomic E-state index is 0.152. The first-order chi connectivity index (χ1) is 27.7. The molecular formula is C52H41N5. The molecule has 1 aliphatic carbocycles. The lowest BCUT2D eigenvalue weighted by molar-refractivity contribution is 0.403. The van der Waals surface area contributed by atoms with Crippen molar-refractivity contribution in [2.24, 2.45) is 0 Å². The van der Waals surface area contributed by atoms with E-state index < -0.39 is 0 Å². The van der Waals surface area contributed by atoms with E-state index >= 15 is 0 Å². The maximum absolute atomic E-state index is 5.19. The zero-order valence-corrected chi connectivity index (χ0v) is 32.5. The second-order valence-corrected chi connectivity index (χ2v) is 16.9. The summed E-state index contributed by atoms with van der Waals surface area (Å²) in [4.78, 5) is 15.4. The lowest BCUT2D eigenvalue weighted by atomic mass is 9.82. The molecule has 274 valence electrons. The van der Waals surface area contributed by atoms with Crippen molar-refractivity contribution in [3.05, 3.63) is 175 Å². The minimum Gasteiger partial charge on any atom is -0.309 e. The molecule has 5 heteroatoms. The Morgan fingerprint density at radius 1 is 0.386 bits per heavy atom. The summed E-state index contributed by atoms with van der Waals surface area (Å²) in [6, 6.07) is 58.6. The van der Waals surface area contributed by atoms with Crippen molar-refractivity contribution in [2.45, 2.75) is 44.9 Å². The number of rotatable bonds is 5. The molecule has 3 aromatic heterocycles. The van der Waals surface area contributed by atoms with Crippen LogP contribution in [0.1, 0.15) is 45.2 Å². The Labute approximate surface area is 331 Å². The zero-order chi connectivity index (χ0) is 38.5. The first-order valence-corrected chi connectivity index (χ1v) is 19.8. The van der Waals surface area contributed by atoms with Crippen LogP contribution in [0.15, 0.2) is 164 Å². The van der Waals surface area contributed by atoms with Gasteiger partial charge in [0.2, 0.25) is 5.95 Å². The van der Waals surface area contributed by atoms with Crippen molar-refractivity contribution >= 4 is 43.6 Å². The van der Waals surface area contributed by atoms with Gasteiger partial charge in [0, 0.05) is 38.4 Å². The normalized spacial score (nSPS) is 14.5. The number of hydrogen-bond acceptors (Lipinski definition) is 3. The first kappa shape index (κ1) is 33.5. The summed E-state index contributed by atoms with van der Waals surface area (Å²) in [7, 11) is 0. The molecule has 0 unspecified atom stereocenters. The van der Waals surface area contributed by atoms with Crippen LogP contribution in [0.2, 0.25) is 0 Å². The van der Waals surface area contributed by atoms with E-state index in [0.717, 1.165) is 50.6 Å². The van der Waals surface area contributed by atoms with Crippen LogP contribution in [-0.4, -0.2) is 24.1 Å². The Morgan fingerprint density at radius 2 is 0.895 bits per heavy atom. The van der Waals surface area contributed by atoms with Gasteiger partial charge in [-0.2, -0.15) is 9.97 Å². The zero-order valence-electron chi connectivity index (χ0n) is 32.5. The van der Waals surface area contributed by atoms with E-state index in [1.54, 1.807) is 0 Å². The average Bonchev–Trinajstić information content (AvgIpc) is 3.81. The standard InChI is InChI=1S/C52H41N5/c1-51(2)32-52(3,4)43-29-36(25-28-42(43)51)33-23-26-37(27-24-33)56-44-21-13-11-19-38(44)40-30-41-39-20-12-14-22-45(39)57(47(41)31-46(40)56)50-54-48(34-15-7-5-8-16-34)53-49(55-50)35-17-9-6-10-18-35/h5-31H,32H2,1-4H3. The van der Waals surface area contributed by atoms with Crippen molar-refractivity contribution in [2.75, 3.05) is 0 Å². The van der Waals surface area contributed by atoms with Gasteiger partial charge < -0.3 is 4.57 Å². The molecule has 0 amide bonds. The van der Waals surface area contributed by atoms with Crippen LogP contribution in [-0.2, 0) is 10.8 Å². The van der Waals surface area contributed by atoms with Crippen LogP contribution in [0.4, 0.5) is 0 Å². The van der Waals surface area contributed by atoms with Gasteiger partial charge in [0.05, 0.1) is 22.1 Å². The summed E-state index contributed by atoms with van der Waals surface area (Å²) in [5.74, 6) is 1.86. The van der Waals surface area contributed by atoms with E-state index in [1.807, 2.05) is 36.4 Å². The van der Waals surface area contributed by atoms with Gasteiger partial charge in [-0.3, -0.25) is 4.57 Å². The van der Waals surface area contributed by atoms with Crippen LogP contribution in [0.5, 0.6) is 0 Å². The second kappa shape index (κ2) is 12.3. The number of fused-ring (bicyclic) bond motifs is 7. The maximum Gasteiger partial charge on any atom is 0.238 e. The first-order valence-electron chi connectivity index (χ1n) is 19.8. The van der Waals surface area contributed by atoms with E-state index in [1.165, 1.54) is 38.5 Å². The SMILES string of the molecule is CC1(C)CC(C)(C)c2cc(-c3ccc(-n4c5ccccc5c5cc6c7ccccc7n(-c7nc(-c8ccccc8)nc(-c8ccccc8)n7)c6cc54)cc3)ccc21. The number of nitrogens with zero attached hydrogens (tertiary/aromatic N) is 5. The molecule has 5 nitrogen and oxygen atoms in total. The molecular weight excluding hydrogens is 695 g/mol. The molecule has 0 N–H and O–H groups in total. The monoisotopic (exact) mass is 735 g/mol. The Balaban J connectivity index is 1.13. The largest absolute Gasteiger partial charge is 0.309 e. The molecule has 0 atom stereocenters. The van der Waals surface area contributed by atoms with Gasteiger partial charge >= 0.3 is 0 Å². The van der Waals surface area contributed by atoms with Crippen molar-refractivity contribution in [1.29, 1.82) is 0 Å². The molecule has 0 aliphatic heterocycles. The second-order valence-electron chi connectivity index (χ2n) is 16.9. The smallest absolute Gasteiger partial charge is 0.238 e. The highest BCUT2D eigenvalue weighted by Gasteiger charge is 2.41. The third-order valence-corrected chi connectivity index (χ3v) is 12.2. The van der Waals surface area contributed by atoms with Crippen LogP contribution >= 0.6 is 0 Å². The predicted molar refractivity (Wildman–Crippen MR) is 235 cm³/mol. The van der Waals surface area contributed by atoms with Gasteiger partial charge in [0.1, 0.15) is 0 Å². The quantitative estimate of drug-likeness (QED) is 0.177. The van der Waals surface area contributed by atoms with Gasteiger partial charge in [-0.25, -0.2) is 4.98 Å². The molecule has 0 saturated heterocycles. The van der Waals surface area contributed by atoms with Gasteiger partial charge in [0.15, 0.2) is 11.6 Å². The molecule has 57 heavy (non-hydrogen) atoms. The van der Waals surface area contributed by atoms with Gasteiger partial charge in [-0.05, 0) is 75.9 Å². The summed E-state index contributed by atoms with van der Waals surface area (Å²) in [5, 5.41) is 4.73. The Bertz CT molecular complexity index is 3130. The summed E-state index contributed by atoms with van der Waals surface area (Å²) in [6.45, 7) is 9.53. The van der Waals surface area contributed by atoms with Crippen LogP contribution in [0.25, 0.3) is 89.2 Å². The molecule has 0 radical (unpaired) electrons. The molecule has 3 heterocycles. The van der Waals surface area contributed by atoms with Crippen molar-refractivity contribution < 1.29 is 0 Å². The van der Waals surface area contributed by atoms with E-state index in [2.05, 4.69) is 164 Å². The number of aromatic nitrogens is 5. The average molecular weight is 736 g/mol. The van der Waals surface area contributed by atoms with Gasteiger partial charge in [-0.15, -0.1) is 0 Å². The third kappa shape index (κ3) is 5.26. The Kier molecular flexibility index (Phi) is 7.24. The highest BCUT2D eigenvalue weighted by Crippen LogP contribution is 2.50. The number of hydrogen-bond donors (Lipinski definition) is 0. The van der Waals surface area contributed by atoms with E-state index in [9.17, 15) is 0 Å². The summed E-state index contributed by atoms with van der Waals surface area (Å²) in [5.41, 5.74) is 13.2. The topological polar surface area (TPSA) is 48.5 Å². The molecule has 0 saturated carbocycles. The van der Waals surface area contributed by atoms with Crippen LogP contribution < -0.4 is 0 Å². The lowest BCUT2D eigenvalue weighted by Gasteiger charge is -2.22. The molecule has 11 rings (SSSR count). The highest BCUT2D eigenvalue weighted by atomic mass is 15.2. The Morgan fingerprint density at radius 3 is 1.51 bits per heavy atom. The van der Waals surface area contributed by atoms with Crippen molar-refractivity contribution in [1.82, 2.24) is 24.1 Å². The fraction of sp³-hybridized carbons (Fsp3) is 0.135. The lowest BCUT2D eigenvalue weighted by Crippen LogP contribution is -2.17. The summed E-state index contributed by atoms with van der Waals surface area (Å²) in [6.07, 6.45) is 1.16. The fourth-order valence-corrected chi connectivity index (χ4v) is 9.79. The number of para-hydroxylation sites is 2. The van der Waals surface area contributed by atoms with Crippen LogP contribution in [0.3, 0.4) is 0 Å². The predicted octanol–water partition coefficient (Wildman–Crippen LogP) is 13.0. The van der Waals surface area contributed by atoms with Crippen molar-refractivity contribution in [3.63, 3.8) is 0 Å². The highest BCUT2D eigenvalue weighted by molar-refractivity contribution is 6.19. The van der Waals surface area contributed by atoms with E-state index in [-0.39, 0.29) is 10.8 Å². The molecule has 7 aromatic carbocycles. The molecule has 10 aromatic rings. The van der Waals surface area contributed by atoms with E-state index in [0.29, 0.717) is 17.6 Å². The van der Waals surface area contributed by atoms with Gasteiger partial charge in [0.25, 0.3) is 0 Å². The minimum atomic E-state index is 0.152. The van der Waals surface area contributed by atoms with Crippen molar-refractivity contribution in [3.8, 4) is 45.5 Å². The molecule has 1 aliphatic rings. The summed E-state index contributed by atoms with van der Waals surface area (Å²) >= 11 is 0. The maximum atomic E-state index is 5.19.